The average molecular weight is 228 g/mol. The van der Waals surface area contributed by atoms with Crippen LogP contribution in [0.4, 0.5) is 0 Å². The molecular weight excluding hydrogens is 200 g/mol. The topological polar surface area (TPSA) is 38.5 Å². The minimum absolute atomic E-state index is 0.326. The van der Waals surface area contributed by atoms with Gasteiger partial charge in [0, 0.05) is 31.8 Å². The van der Waals surface area contributed by atoms with Gasteiger partial charge in [0.05, 0.1) is 6.61 Å². The van der Waals surface area contributed by atoms with E-state index in [0.717, 1.165) is 32.0 Å². The summed E-state index contributed by atoms with van der Waals surface area (Å²) in [6, 6.07) is 1.65. The minimum Gasteiger partial charge on any atom is -0.383 e. The van der Waals surface area contributed by atoms with Crippen molar-refractivity contribution in [2.24, 2.45) is 5.73 Å². The Morgan fingerprint density at radius 1 is 1.38 bits per heavy atom. The molecule has 0 spiro atoms. The zero-order chi connectivity index (χ0) is 12.0. The summed E-state index contributed by atoms with van der Waals surface area (Å²) < 4.78 is 5.20. The molecule has 0 bridgehead atoms. The Bertz CT molecular complexity index is 183. The highest BCUT2D eigenvalue weighted by molar-refractivity contribution is 4.92. The molecule has 3 nitrogen and oxygen atoms in total. The smallest absolute Gasteiger partial charge is 0.0589 e. The second-order valence-corrected chi connectivity index (χ2v) is 4.89. The third kappa shape index (κ3) is 4.04. The molecule has 1 saturated carbocycles. The Kier molecular flexibility index (Phi) is 6.32. The zero-order valence-electron chi connectivity index (χ0n) is 11.1. The molecule has 0 heterocycles. The maximum atomic E-state index is 6.29. The molecule has 0 aromatic heterocycles. The molecule has 1 rings (SSSR count). The van der Waals surface area contributed by atoms with Crippen LogP contribution in [0.2, 0.25) is 0 Å². The van der Waals surface area contributed by atoms with Crippen LogP contribution >= 0.6 is 0 Å². The van der Waals surface area contributed by atoms with Crippen LogP contribution in [0.15, 0.2) is 0 Å². The van der Waals surface area contributed by atoms with Crippen molar-refractivity contribution in [2.75, 3.05) is 20.3 Å². The van der Waals surface area contributed by atoms with Crippen molar-refractivity contribution in [3.05, 3.63) is 0 Å². The lowest BCUT2D eigenvalue weighted by molar-refractivity contribution is 0.0982. The molecule has 0 radical (unpaired) electrons. The molecular formula is C13H28N2O. The summed E-state index contributed by atoms with van der Waals surface area (Å²) in [5, 5.41) is 0. The molecule has 1 aliphatic rings. The van der Waals surface area contributed by atoms with Crippen LogP contribution in [0.3, 0.4) is 0 Å². The number of ether oxygens (including phenoxy) is 1. The Balaban J connectivity index is 2.50. The van der Waals surface area contributed by atoms with Gasteiger partial charge in [0.15, 0.2) is 0 Å². The van der Waals surface area contributed by atoms with Crippen LogP contribution in [0, 0.1) is 0 Å². The van der Waals surface area contributed by atoms with Crippen molar-refractivity contribution < 1.29 is 4.74 Å². The van der Waals surface area contributed by atoms with Crippen molar-refractivity contribution in [2.45, 2.75) is 64.1 Å². The molecule has 0 aromatic rings. The molecule has 3 heteroatoms. The lowest BCUT2D eigenvalue weighted by Crippen LogP contribution is -2.49. The quantitative estimate of drug-likeness (QED) is 0.656. The van der Waals surface area contributed by atoms with Crippen molar-refractivity contribution in [1.29, 1.82) is 0 Å². The first kappa shape index (κ1) is 13.9. The van der Waals surface area contributed by atoms with E-state index in [9.17, 15) is 0 Å². The van der Waals surface area contributed by atoms with Gasteiger partial charge in [-0.25, -0.2) is 0 Å². The van der Waals surface area contributed by atoms with Gasteiger partial charge in [-0.15, -0.1) is 0 Å². The number of nitrogens with zero attached hydrogens (tertiary/aromatic N) is 1. The predicted molar refractivity (Wildman–Crippen MR) is 68.6 cm³/mol. The zero-order valence-corrected chi connectivity index (χ0v) is 11.1. The predicted octanol–water partition coefficient (Wildman–Crippen LogP) is 2.00. The normalized spacial score (nSPS) is 20.1. The van der Waals surface area contributed by atoms with Crippen molar-refractivity contribution in [3.8, 4) is 0 Å². The molecule has 96 valence electrons. The van der Waals surface area contributed by atoms with E-state index in [-0.39, 0.29) is 0 Å². The van der Waals surface area contributed by atoms with E-state index in [1.165, 1.54) is 19.3 Å². The molecule has 0 aliphatic heterocycles. The molecule has 2 N–H and O–H groups in total. The molecule has 0 amide bonds. The summed E-state index contributed by atoms with van der Waals surface area (Å²) in [7, 11) is 1.78. The maximum Gasteiger partial charge on any atom is 0.0589 e. The van der Waals surface area contributed by atoms with Crippen LogP contribution in [0.1, 0.15) is 46.0 Å². The molecule has 0 aromatic carbocycles. The van der Waals surface area contributed by atoms with E-state index < -0.39 is 0 Å². The van der Waals surface area contributed by atoms with Crippen LogP contribution in [0.25, 0.3) is 0 Å². The number of hydrogen-bond acceptors (Lipinski definition) is 3. The fourth-order valence-electron chi connectivity index (χ4n) is 2.53. The van der Waals surface area contributed by atoms with Crippen molar-refractivity contribution in [3.63, 3.8) is 0 Å². The summed E-state index contributed by atoms with van der Waals surface area (Å²) in [6.45, 7) is 6.33. The van der Waals surface area contributed by atoms with E-state index in [2.05, 4.69) is 18.7 Å². The average Bonchev–Trinajstić information content (AvgIpc) is 3.08. The summed E-state index contributed by atoms with van der Waals surface area (Å²) >= 11 is 0. The number of rotatable bonds is 9. The SMILES string of the molecule is CCCC(N)C(CC)N(CCOC)C1CC1. The first-order valence-electron chi connectivity index (χ1n) is 6.74. The fourth-order valence-corrected chi connectivity index (χ4v) is 2.53. The van der Waals surface area contributed by atoms with Gasteiger partial charge in [0.1, 0.15) is 0 Å². The lowest BCUT2D eigenvalue weighted by atomic mass is 10.00. The van der Waals surface area contributed by atoms with Gasteiger partial charge in [0.2, 0.25) is 0 Å². The Hall–Kier alpha value is -0.120. The van der Waals surface area contributed by atoms with Gasteiger partial charge in [-0.2, -0.15) is 0 Å². The van der Waals surface area contributed by atoms with Crippen LogP contribution in [-0.2, 0) is 4.74 Å². The highest BCUT2D eigenvalue weighted by Gasteiger charge is 2.34. The molecule has 0 saturated heterocycles. The molecule has 1 fully saturated rings. The van der Waals surface area contributed by atoms with E-state index in [0.29, 0.717) is 12.1 Å². The minimum atomic E-state index is 0.326. The van der Waals surface area contributed by atoms with Crippen molar-refractivity contribution >= 4 is 0 Å². The molecule has 16 heavy (non-hydrogen) atoms. The van der Waals surface area contributed by atoms with E-state index in [1.54, 1.807) is 7.11 Å². The molecule has 2 atom stereocenters. The van der Waals surface area contributed by atoms with Crippen LogP contribution < -0.4 is 5.73 Å². The van der Waals surface area contributed by atoms with Crippen LogP contribution in [-0.4, -0.2) is 43.3 Å². The second-order valence-electron chi connectivity index (χ2n) is 4.89. The van der Waals surface area contributed by atoms with Gasteiger partial charge in [-0.1, -0.05) is 20.3 Å². The van der Waals surface area contributed by atoms with E-state index in [1.807, 2.05) is 0 Å². The second kappa shape index (κ2) is 7.25. The monoisotopic (exact) mass is 228 g/mol. The highest BCUT2D eigenvalue weighted by Crippen LogP contribution is 2.30. The third-order valence-corrected chi connectivity index (χ3v) is 3.53. The number of hydrogen-bond donors (Lipinski definition) is 1. The first-order chi connectivity index (χ1) is 7.74. The number of nitrogens with two attached hydrogens (primary N) is 1. The van der Waals surface area contributed by atoms with Crippen molar-refractivity contribution in [1.82, 2.24) is 4.90 Å². The highest BCUT2D eigenvalue weighted by atomic mass is 16.5. The van der Waals surface area contributed by atoms with Gasteiger partial charge in [0.25, 0.3) is 0 Å². The van der Waals surface area contributed by atoms with E-state index >= 15 is 0 Å². The first-order valence-corrected chi connectivity index (χ1v) is 6.74. The largest absolute Gasteiger partial charge is 0.383 e. The maximum absolute atomic E-state index is 6.29. The number of methoxy groups -OCH3 is 1. The summed E-state index contributed by atoms with van der Waals surface area (Å²) in [5.74, 6) is 0. The summed E-state index contributed by atoms with van der Waals surface area (Å²) in [5.41, 5.74) is 6.29. The summed E-state index contributed by atoms with van der Waals surface area (Å²) in [4.78, 5) is 2.59. The van der Waals surface area contributed by atoms with Gasteiger partial charge in [-0.05, 0) is 25.7 Å². The molecule has 1 aliphatic carbocycles. The third-order valence-electron chi connectivity index (χ3n) is 3.53. The molecule has 2 unspecified atom stereocenters. The van der Waals surface area contributed by atoms with Gasteiger partial charge >= 0.3 is 0 Å². The summed E-state index contributed by atoms with van der Waals surface area (Å²) in [6.07, 6.45) is 6.16. The van der Waals surface area contributed by atoms with E-state index in [4.69, 9.17) is 10.5 Å². The lowest BCUT2D eigenvalue weighted by Gasteiger charge is -2.35. The van der Waals surface area contributed by atoms with Crippen LogP contribution in [0.5, 0.6) is 0 Å². The Morgan fingerprint density at radius 3 is 2.50 bits per heavy atom. The van der Waals surface area contributed by atoms with Gasteiger partial charge < -0.3 is 10.5 Å². The Labute approximate surface area is 100 Å². The standard InChI is InChI=1S/C13H28N2O/c1-4-6-12(14)13(5-2)15(9-10-16-3)11-7-8-11/h11-13H,4-10,14H2,1-3H3. The Morgan fingerprint density at radius 2 is 2.06 bits per heavy atom. The van der Waals surface area contributed by atoms with Gasteiger partial charge in [-0.3, -0.25) is 4.90 Å². The fraction of sp³-hybridized carbons (Fsp3) is 1.00.